The molecule has 0 heterocycles. The van der Waals surface area contributed by atoms with E-state index >= 15 is 0 Å². The topological polar surface area (TPSA) is 46.5 Å². The third-order valence-electron chi connectivity index (χ3n) is 2.10. The third kappa shape index (κ3) is 2.66. The second-order valence-electron chi connectivity index (χ2n) is 2.88. The zero-order chi connectivity index (χ0) is 9.72. The van der Waals surface area contributed by atoms with E-state index in [1.165, 1.54) is 7.11 Å². The molecule has 0 fully saturated rings. The van der Waals surface area contributed by atoms with E-state index in [0.717, 1.165) is 5.57 Å². The zero-order valence-electron chi connectivity index (χ0n) is 8.05. The Kier molecular flexibility index (Phi) is 4.59. The maximum Gasteiger partial charge on any atom is 0.333 e. The fourth-order valence-electron chi connectivity index (χ4n) is 0.821. The Morgan fingerprint density at radius 1 is 1.50 bits per heavy atom. The molecule has 0 spiro atoms. The summed E-state index contributed by atoms with van der Waals surface area (Å²) in [4.78, 5) is 11.0. The summed E-state index contributed by atoms with van der Waals surface area (Å²) in [7, 11) is 1.35. The molecule has 0 saturated carbocycles. The molecule has 3 heteroatoms. The average molecular weight is 172 g/mol. The third-order valence-corrected chi connectivity index (χ3v) is 2.10. The van der Waals surface area contributed by atoms with Crippen molar-refractivity contribution >= 4 is 5.97 Å². The molecule has 0 saturated heterocycles. The van der Waals surface area contributed by atoms with E-state index in [1.54, 1.807) is 6.92 Å². The van der Waals surface area contributed by atoms with Gasteiger partial charge in [-0.15, -0.1) is 0 Å². The summed E-state index contributed by atoms with van der Waals surface area (Å²) in [6, 6.07) is 0. The molecular weight excluding hydrogens is 156 g/mol. The van der Waals surface area contributed by atoms with Crippen molar-refractivity contribution in [1.29, 1.82) is 0 Å². The Labute approximate surface area is 73.0 Å². The van der Waals surface area contributed by atoms with Crippen molar-refractivity contribution in [2.75, 3.05) is 13.7 Å². The van der Waals surface area contributed by atoms with Crippen molar-refractivity contribution in [2.45, 2.75) is 20.8 Å². The molecule has 0 rings (SSSR count). The molecule has 0 aliphatic rings. The SMILES string of the molecule is COC(=O)/C(C)=C(\C)[C@H](C)CO. The van der Waals surface area contributed by atoms with Gasteiger partial charge < -0.3 is 9.84 Å². The number of methoxy groups -OCH3 is 1. The Bertz CT molecular complexity index is 194. The molecular formula is C9H16O3. The van der Waals surface area contributed by atoms with Crippen LogP contribution in [0.5, 0.6) is 0 Å². The van der Waals surface area contributed by atoms with E-state index in [9.17, 15) is 4.79 Å². The molecule has 1 N–H and O–H groups in total. The molecule has 0 aliphatic heterocycles. The normalized spacial score (nSPS) is 15.1. The van der Waals surface area contributed by atoms with Crippen LogP contribution in [0, 0.1) is 5.92 Å². The Morgan fingerprint density at radius 2 is 2.00 bits per heavy atom. The molecule has 1 atom stereocenters. The second kappa shape index (κ2) is 4.93. The quantitative estimate of drug-likeness (QED) is 0.512. The van der Waals surface area contributed by atoms with Crippen molar-refractivity contribution in [2.24, 2.45) is 5.92 Å². The fourth-order valence-corrected chi connectivity index (χ4v) is 0.821. The first-order valence-electron chi connectivity index (χ1n) is 3.91. The molecule has 0 aromatic carbocycles. The van der Waals surface area contributed by atoms with E-state index < -0.39 is 0 Å². The summed E-state index contributed by atoms with van der Waals surface area (Å²) in [5, 5.41) is 8.82. The molecule has 0 radical (unpaired) electrons. The minimum Gasteiger partial charge on any atom is -0.466 e. The van der Waals surface area contributed by atoms with Crippen LogP contribution in [-0.4, -0.2) is 24.8 Å². The van der Waals surface area contributed by atoms with Gasteiger partial charge in [-0.2, -0.15) is 0 Å². The van der Waals surface area contributed by atoms with Gasteiger partial charge in [0.2, 0.25) is 0 Å². The molecule has 12 heavy (non-hydrogen) atoms. The summed E-state index contributed by atoms with van der Waals surface area (Å²) in [5.41, 5.74) is 1.46. The molecule has 0 amide bonds. The average Bonchev–Trinajstić information content (AvgIpc) is 2.12. The van der Waals surface area contributed by atoms with Crippen molar-refractivity contribution in [3.8, 4) is 0 Å². The fraction of sp³-hybridized carbons (Fsp3) is 0.667. The monoisotopic (exact) mass is 172 g/mol. The van der Waals surface area contributed by atoms with Crippen LogP contribution in [0.4, 0.5) is 0 Å². The van der Waals surface area contributed by atoms with Gasteiger partial charge in [-0.25, -0.2) is 4.79 Å². The summed E-state index contributed by atoms with van der Waals surface area (Å²) in [6.45, 7) is 5.45. The summed E-state index contributed by atoms with van der Waals surface area (Å²) >= 11 is 0. The van der Waals surface area contributed by atoms with Crippen LogP contribution >= 0.6 is 0 Å². The number of aliphatic hydroxyl groups is 1. The second-order valence-corrected chi connectivity index (χ2v) is 2.88. The molecule has 0 unspecified atom stereocenters. The molecule has 0 aromatic heterocycles. The van der Waals surface area contributed by atoms with Gasteiger partial charge in [0.1, 0.15) is 0 Å². The highest BCUT2D eigenvalue weighted by atomic mass is 16.5. The van der Waals surface area contributed by atoms with Gasteiger partial charge in [-0.05, 0) is 13.8 Å². The van der Waals surface area contributed by atoms with E-state index in [-0.39, 0.29) is 18.5 Å². The molecule has 0 aliphatic carbocycles. The van der Waals surface area contributed by atoms with Crippen LogP contribution in [0.3, 0.4) is 0 Å². The first kappa shape index (κ1) is 11.2. The van der Waals surface area contributed by atoms with Crippen molar-refractivity contribution < 1.29 is 14.6 Å². The summed E-state index contributed by atoms with van der Waals surface area (Å²) in [5.74, 6) is -0.308. The van der Waals surface area contributed by atoms with E-state index in [0.29, 0.717) is 5.57 Å². The molecule has 0 aromatic rings. The lowest BCUT2D eigenvalue weighted by atomic mass is 9.99. The molecule has 0 bridgehead atoms. The van der Waals surface area contributed by atoms with Gasteiger partial charge in [0.25, 0.3) is 0 Å². The first-order valence-corrected chi connectivity index (χ1v) is 3.91. The van der Waals surface area contributed by atoms with E-state index in [1.807, 2.05) is 13.8 Å². The summed E-state index contributed by atoms with van der Waals surface area (Å²) in [6.07, 6.45) is 0. The number of rotatable bonds is 3. The van der Waals surface area contributed by atoms with E-state index in [2.05, 4.69) is 4.74 Å². The first-order chi connectivity index (χ1) is 5.54. The highest BCUT2D eigenvalue weighted by Crippen LogP contribution is 2.14. The maximum atomic E-state index is 11.0. The number of hydrogen-bond donors (Lipinski definition) is 1. The smallest absolute Gasteiger partial charge is 0.333 e. The van der Waals surface area contributed by atoms with Crippen LogP contribution in [0.15, 0.2) is 11.1 Å². The zero-order valence-corrected chi connectivity index (χ0v) is 8.05. The van der Waals surface area contributed by atoms with Gasteiger partial charge in [0.05, 0.1) is 7.11 Å². The molecule has 3 nitrogen and oxygen atoms in total. The minimum atomic E-state index is -0.326. The van der Waals surface area contributed by atoms with Crippen molar-refractivity contribution in [3.05, 3.63) is 11.1 Å². The Hall–Kier alpha value is -0.830. The predicted octanol–water partition coefficient (Wildman–Crippen LogP) is 1.12. The number of aliphatic hydroxyl groups excluding tert-OH is 1. The van der Waals surface area contributed by atoms with Gasteiger partial charge in [-0.1, -0.05) is 12.5 Å². The predicted molar refractivity (Wildman–Crippen MR) is 46.6 cm³/mol. The minimum absolute atomic E-state index is 0.0177. The Morgan fingerprint density at radius 3 is 2.33 bits per heavy atom. The number of hydrogen-bond acceptors (Lipinski definition) is 3. The van der Waals surface area contributed by atoms with Gasteiger partial charge in [0, 0.05) is 18.1 Å². The number of carbonyl (C=O) groups excluding carboxylic acids is 1. The van der Waals surface area contributed by atoms with Gasteiger partial charge in [0.15, 0.2) is 0 Å². The largest absolute Gasteiger partial charge is 0.466 e. The summed E-state index contributed by atoms with van der Waals surface area (Å²) < 4.78 is 4.55. The highest BCUT2D eigenvalue weighted by Gasteiger charge is 2.11. The lowest BCUT2D eigenvalue weighted by molar-refractivity contribution is -0.136. The molecule has 70 valence electrons. The van der Waals surface area contributed by atoms with Crippen molar-refractivity contribution in [1.82, 2.24) is 0 Å². The van der Waals surface area contributed by atoms with Crippen LogP contribution in [0.25, 0.3) is 0 Å². The van der Waals surface area contributed by atoms with Gasteiger partial charge in [-0.3, -0.25) is 0 Å². The van der Waals surface area contributed by atoms with Gasteiger partial charge >= 0.3 is 5.97 Å². The standard InChI is InChI=1S/C9H16O3/c1-6(5-10)7(2)8(3)9(11)12-4/h6,10H,5H2,1-4H3/b8-7+/t6-/m1/s1. The van der Waals surface area contributed by atoms with Crippen LogP contribution in [0.2, 0.25) is 0 Å². The maximum absolute atomic E-state index is 11.0. The number of ether oxygens (including phenoxy) is 1. The van der Waals surface area contributed by atoms with Crippen LogP contribution in [0.1, 0.15) is 20.8 Å². The lowest BCUT2D eigenvalue weighted by Crippen LogP contribution is -2.10. The van der Waals surface area contributed by atoms with Crippen LogP contribution < -0.4 is 0 Å². The Balaban J connectivity index is 4.56. The van der Waals surface area contributed by atoms with Crippen LogP contribution in [-0.2, 0) is 9.53 Å². The number of esters is 1. The number of carbonyl (C=O) groups is 1. The van der Waals surface area contributed by atoms with Crippen molar-refractivity contribution in [3.63, 3.8) is 0 Å². The lowest BCUT2D eigenvalue weighted by Gasteiger charge is -2.11. The highest BCUT2D eigenvalue weighted by molar-refractivity contribution is 5.88. The van der Waals surface area contributed by atoms with E-state index in [4.69, 9.17) is 5.11 Å².